The summed E-state index contributed by atoms with van der Waals surface area (Å²) in [4.78, 5) is 32.9. The van der Waals surface area contributed by atoms with Crippen LogP contribution in [0.25, 0.3) is 90.9 Å². The van der Waals surface area contributed by atoms with Gasteiger partial charge in [-0.15, -0.1) is 0 Å². The minimum atomic E-state index is -0.644. The van der Waals surface area contributed by atoms with Crippen molar-refractivity contribution in [2.45, 2.75) is 71.6 Å². The number of aromatic nitrogens is 4. The highest BCUT2D eigenvalue weighted by Gasteiger charge is 2.43. The van der Waals surface area contributed by atoms with Gasteiger partial charge in [0, 0.05) is 66.4 Å². The van der Waals surface area contributed by atoms with E-state index in [1.807, 2.05) is 42.5 Å². The standard InChI is InChI=1S/C66H62N4O6/c1-64(2,3)40-35-45(63(71)75-12)61-47(36-40)66(7,8)60-46(65(4,5)6)26-25-44(62(60)76-61)59-54-33-31-52(69-54)57(38-15-21-42(73-10)22-16-38)50-29-27-48(67-50)56(37-13-19-41(72-9)20-14-37)49-28-30-51(68-49)58(53-32-34-55(59)70-53)39-17-23-43(74-11)24-18-39/h13-36,67,70H,1-12H3. The van der Waals surface area contributed by atoms with E-state index >= 15 is 0 Å². The van der Waals surface area contributed by atoms with Crippen molar-refractivity contribution in [1.82, 2.24) is 19.9 Å². The Balaban J connectivity index is 1.30. The Morgan fingerprint density at radius 1 is 0.500 bits per heavy atom. The highest BCUT2D eigenvalue weighted by atomic mass is 16.5. The molecular formula is C66H62N4O6. The fourth-order valence-electron chi connectivity index (χ4n) is 10.9. The Labute approximate surface area is 444 Å². The average Bonchev–Trinajstić information content (AvgIpc) is 4.27. The molecule has 2 N–H and O–H groups in total. The topological polar surface area (TPSA) is 121 Å². The summed E-state index contributed by atoms with van der Waals surface area (Å²) in [5.74, 6) is 2.93. The third-order valence-corrected chi connectivity index (χ3v) is 15.0. The molecular weight excluding hydrogens is 945 g/mol. The number of nitrogens with zero attached hydrogens (tertiary/aromatic N) is 2. The molecule has 76 heavy (non-hydrogen) atoms. The Bertz CT molecular complexity index is 3830. The second kappa shape index (κ2) is 18.6. The van der Waals surface area contributed by atoms with Crippen molar-refractivity contribution < 1.29 is 28.5 Å². The van der Waals surface area contributed by atoms with Crippen LogP contribution in [0.4, 0.5) is 0 Å². The lowest BCUT2D eigenvalue weighted by atomic mass is 9.67. The van der Waals surface area contributed by atoms with E-state index in [0.717, 1.165) is 123 Å². The first-order valence-electron chi connectivity index (χ1n) is 25.6. The van der Waals surface area contributed by atoms with Crippen molar-refractivity contribution >= 4 is 52.3 Å². The van der Waals surface area contributed by atoms with Crippen LogP contribution in [0.2, 0.25) is 0 Å². The van der Waals surface area contributed by atoms with E-state index in [1.165, 1.54) is 7.11 Å². The predicted molar refractivity (Wildman–Crippen MR) is 308 cm³/mol. The third-order valence-electron chi connectivity index (χ3n) is 15.0. The zero-order chi connectivity index (χ0) is 53.4. The maximum atomic E-state index is 14.0. The average molecular weight is 1010 g/mol. The van der Waals surface area contributed by atoms with E-state index in [0.29, 0.717) is 22.8 Å². The zero-order valence-corrected chi connectivity index (χ0v) is 45.2. The Kier molecular flexibility index (Phi) is 12.2. The molecule has 5 aromatic carbocycles. The van der Waals surface area contributed by atoms with Gasteiger partial charge >= 0.3 is 5.97 Å². The number of aromatic amines is 2. The van der Waals surface area contributed by atoms with Crippen LogP contribution in [0.5, 0.6) is 28.7 Å². The number of hydrogen-bond acceptors (Lipinski definition) is 8. The first kappa shape index (κ1) is 49.6. The molecule has 0 fully saturated rings. The number of rotatable bonds is 8. The second-order valence-corrected chi connectivity index (χ2v) is 22.2. The number of fused-ring (bicyclic) bond motifs is 10. The SMILES string of the molecule is COC(=O)c1cc(C(C)(C)C)cc2c1Oc1c(-c3c4nc(c(-c5ccc(OC)cc5)c5ccc([nH]5)c(-c5ccc(OC)cc5)c5nc(c(-c6ccc(OC)cc6)c6ccc3[nH]6)C=C5)C=C4)ccc(C(C)(C)C)c1C2(C)C. The van der Waals surface area contributed by atoms with Crippen molar-refractivity contribution in [1.29, 1.82) is 0 Å². The highest BCUT2D eigenvalue weighted by Crippen LogP contribution is 2.57. The predicted octanol–water partition coefficient (Wildman–Crippen LogP) is 16.2. The van der Waals surface area contributed by atoms with Crippen LogP contribution < -0.4 is 18.9 Å². The number of carbonyl (C=O) groups is 1. The number of ether oxygens (including phenoxy) is 5. The summed E-state index contributed by atoms with van der Waals surface area (Å²) < 4.78 is 29.8. The number of carbonyl (C=O) groups excluding carboxylic acids is 1. The number of esters is 1. The Morgan fingerprint density at radius 2 is 0.908 bits per heavy atom. The van der Waals surface area contributed by atoms with Gasteiger partial charge in [0.1, 0.15) is 34.3 Å². The minimum Gasteiger partial charge on any atom is -0.497 e. The van der Waals surface area contributed by atoms with Gasteiger partial charge in [-0.25, -0.2) is 14.8 Å². The van der Waals surface area contributed by atoms with Gasteiger partial charge in [0.05, 0.1) is 51.2 Å². The van der Waals surface area contributed by atoms with Crippen molar-refractivity contribution in [3.05, 3.63) is 172 Å². The van der Waals surface area contributed by atoms with Crippen molar-refractivity contribution in [2.24, 2.45) is 0 Å². The molecule has 8 bridgehead atoms. The molecule has 0 saturated heterocycles. The number of H-pyrrole nitrogens is 2. The molecule has 6 heterocycles. The molecule has 10 nitrogen and oxygen atoms in total. The van der Waals surface area contributed by atoms with Crippen LogP contribution in [0.3, 0.4) is 0 Å². The second-order valence-electron chi connectivity index (χ2n) is 22.2. The van der Waals surface area contributed by atoms with Gasteiger partial charge in [0.2, 0.25) is 0 Å². The smallest absolute Gasteiger partial charge is 0.341 e. The largest absolute Gasteiger partial charge is 0.497 e. The van der Waals surface area contributed by atoms with Gasteiger partial charge in [-0.05, 0) is 130 Å². The van der Waals surface area contributed by atoms with Gasteiger partial charge < -0.3 is 33.7 Å². The number of nitrogens with one attached hydrogen (secondary N) is 2. The van der Waals surface area contributed by atoms with E-state index in [2.05, 4.69) is 169 Å². The van der Waals surface area contributed by atoms with Crippen molar-refractivity contribution in [3.63, 3.8) is 0 Å². The first-order chi connectivity index (χ1) is 36.4. The lowest BCUT2D eigenvalue weighted by molar-refractivity contribution is 0.0597. The van der Waals surface area contributed by atoms with Gasteiger partial charge in [0.25, 0.3) is 0 Å². The molecule has 3 aliphatic rings. The van der Waals surface area contributed by atoms with Gasteiger partial charge in [-0.3, -0.25) is 0 Å². The molecule has 11 rings (SSSR count). The van der Waals surface area contributed by atoms with Gasteiger partial charge in [-0.1, -0.05) is 110 Å². The maximum absolute atomic E-state index is 14.0. The first-order valence-corrected chi connectivity index (χ1v) is 25.6. The summed E-state index contributed by atoms with van der Waals surface area (Å²) in [6.07, 6.45) is 8.35. The van der Waals surface area contributed by atoms with Crippen LogP contribution in [-0.2, 0) is 21.0 Å². The lowest BCUT2D eigenvalue weighted by Crippen LogP contribution is -2.31. The molecule has 3 aromatic heterocycles. The van der Waals surface area contributed by atoms with Crippen LogP contribution in [0, 0.1) is 0 Å². The molecule has 0 atom stereocenters. The molecule has 382 valence electrons. The third kappa shape index (κ3) is 8.51. The number of methoxy groups -OCH3 is 4. The van der Waals surface area contributed by atoms with Crippen LogP contribution in [0.15, 0.2) is 121 Å². The fraction of sp³-hybridized carbons (Fsp3) is 0.227. The Morgan fingerprint density at radius 3 is 1.29 bits per heavy atom. The number of benzene rings is 5. The van der Waals surface area contributed by atoms with E-state index < -0.39 is 11.4 Å². The molecule has 0 radical (unpaired) electrons. The van der Waals surface area contributed by atoms with Crippen molar-refractivity contribution in [2.75, 3.05) is 28.4 Å². The van der Waals surface area contributed by atoms with Crippen LogP contribution in [-0.4, -0.2) is 54.3 Å². The zero-order valence-electron chi connectivity index (χ0n) is 45.2. The lowest BCUT2D eigenvalue weighted by Gasteiger charge is -2.41. The van der Waals surface area contributed by atoms with Crippen LogP contribution in [0.1, 0.15) is 111 Å². The van der Waals surface area contributed by atoms with Crippen LogP contribution >= 0.6 is 0 Å². The number of hydrogen-bond donors (Lipinski definition) is 2. The summed E-state index contributed by atoms with van der Waals surface area (Å²) >= 11 is 0. The quantitative estimate of drug-likeness (QED) is 0.144. The molecule has 0 spiro atoms. The summed E-state index contributed by atoms with van der Waals surface area (Å²) in [5, 5.41) is 0. The Hall–Kier alpha value is -8.63. The summed E-state index contributed by atoms with van der Waals surface area (Å²) in [6.45, 7) is 17.7. The molecule has 8 aromatic rings. The van der Waals surface area contributed by atoms with E-state index in [-0.39, 0.29) is 10.8 Å². The summed E-state index contributed by atoms with van der Waals surface area (Å²) in [7, 11) is 6.44. The normalized spacial score (nSPS) is 13.4. The van der Waals surface area contributed by atoms with E-state index in [4.69, 9.17) is 33.7 Å². The molecule has 0 saturated carbocycles. The molecule has 0 aliphatic carbocycles. The minimum absolute atomic E-state index is 0.267. The van der Waals surface area contributed by atoms with E-state index in [1.54, 1.807) is 21.3 Å². The molecule has 10 heteroatoms. The fourth-order valence-corrected chi connectivity index (χ4v) is 10.9. The van der Waals surface area contributed by atoms with Gasteiger partial charge in [0.15, 0.2) is 0 Å². The maximum Gasteiger partial charge on any atom is 0.341 e. The monoisotopic (exact) mass is 1010 g/mol. The molecule has 0 unspecified atom stereocenters. The van der Waals surface area contributed by atoms with Crippen molar-refractivity contribution in [3.8, 4) is 73.3 Å². The summed E-state index contributed by atoms with van der Waals surface area (Å²) in [5.41, 5.74) is 16.9. The molecule has 3 aliphatic heterocycles. The molecule has 0 amide bonds. The van der Waals surface area contributed by atoms with E-state index in [9.17, 15) is 4.79 Å². The highest BCUT2D eigenvalue weighted by molar-refractivity contribution is 6.01. The summed E-state index contributed by atoms with van der Waals surface area (Å²) in [6, 6.07) is 41.3. The van der Waals surface area contributed by atoms with Gasteiger partial charge in [-0.2, -0.15) is 0 Å².